The molecule has 1 unspecified atom stereocenters. The summed E-state index contributed by atoms with van der Waals surface area (Å²) in [6.07, 6.45) is 7.15. The smallest absolute Gasteiger partial charge is 0.125 e. The lowest BCUT2D eigenvalue weighted by molar-refractivity contribution is 0.123. The molecule has 0 bridgehead atoms. The highest BCUT2D eigenvalue weighted by Crippen LogP contribution is 2.15. The van der Waals surface area contributed by atoms with Crippen LogP contribution in [0.5, 0.6) is 0 Å². The average molecular weight is 253 g/mol. The maximum Gasteiger partial charge on any atom is 0.125 e. The van der Waals surface area contributed by atoms with Crippen molar-refractivity contribution >= 4 is 0 Å². The van der Waals surface area contributed by atoms with Crippen molar-refractivity contribution in [2.45, 2.75) is 52.6 Å². The highest BCUT2D eigenvalue weighted by atomic mass is 16.5. The Kier molecular flexibility index (Phi) is 7.69. The number of hydrogen-bond donors (Lipinski definition) is 1. The Morgan fingerprint density at radius 2 is 2.11 bits per heavy atom. The van der Waals surface area contributed by atoms with E-state index in [9.17, 15) is 0 Å². The highest BCUT2D eigenvalue weighted by molar-refractivity contribution is 4.99. The Morgan fingerprint density at radius 1 is 1.28 bits per heavy atom. The standard InChI is InChI=1S/C14H27N3O/c1-4-9-17-10-8-16-14(17)13(15-6-3)7-12-18-11-5-2/h8,10,13,15H,4-7,9,11-12H2,1-3H3. The van der Waals surface area contributed by atoms with E-state index in [1.165, 1.54) is 0 Å². The number of nitrogens with zero attached hydrogens (tertiary/aromatic N) is 2. The van der Waals surface area contributed by atoms with Crippen molar-refractivity contribution < 1.29 is 4.74 Å². The van der Waals surface area contributed by atoms with Gasteiger partial charge < -0.3 is 14.6 Å². The lowest BCUT2D eigenvalue weighted by atomic mass is 10.2. The number of ether oxygens (including phenoxy) is 1. The lowest BCUT2D eigenvalue weighted by Gasteiger charge is -2.19. The third kappa shape index (κ3) is 4.78. The van der Waals surface area contributed by atoms with Crippen molar-refractivity contribution in [2.24, 2.45) is 0 Å². The van der Waals surface area contributed by atoms with Crippen LogP contribution in [0.3, 0.4) is 0 Å². The highest BCUT2D eigenvalue weighted by Gasteiger charge is 2.15. The minimum absolute atomic E-state index is 0.299. The Labute approximate surface area is 111 Å². The second kappa shape index (κ2) is 9.11. The molecule has 0 amide bonds. The second-order valence-electron chi connectivity index (χ2n) is 4.49. The van der Waals surface area contributed by atoms with Gasteiger partial charge in [0, 0.05) is 32.2 Å². The Bertz CT molecular complexity index is 312. The van der Waals surface area contributed by atoms with Gasteiger partial charge in [0.25, 0.3) is 0 Å². The first-order valence-electron chi connectivity index (χ1n) is 7.15. The average Bonchev–Trinajstić information content (AvgIpc) is 2.82. The summed E-state index contributed by atoms with van der Waals surface area (Å²) in [7, 11) is 0. The molecule has 4 heteroatoms. The molecule has 1 heterocycles. The van der Waals surface area contributed by atoms with E-state index < -0.39 is 0 Å². The maximum absolute atomic E-state index is 5.58. The molecule has 18 heavy (non-hydrogen) atoms. The van der Waals surface area contributed by atoms with Crippen LogP contribution in [0.25, 0.3) is 0 Å². The van der Waals surface area contributed by atoms with Crippen molar-refractivity contribution in [1.29, 1.82) is 0 Å². The molecule has 1 N–H and O–H groups in total. The van der Waals surface area contributed by atoms with Gasteiger partial charge in [-0.2, -0.15) is 0 Å². The molecular weight excluding hydrogens is 226 g/mol. The molecule has 0 aromatic carbocycles. The van der Waals surface area contributed by atoms with Gasteiger partial charge in [-0.05, 0) is 25.8 Å². The number of aryl methyl sites for hydroxylation is 1. The first kappa shape index (κ1) is 15.2. The fourth-order valence-corrected chi connectivity index (χ4v) is 2.08. The van der Waals surface area contributed by atoms with Gasteiger partial charge in [0.15, 0.2) is 0 Å². The van der Waals surface area contributed by atoms with E-state index >= 15 is 0 Å². The molecule has 0 fully saturated rings. The summed E-state index contributed by atoms with van der Waals surface area (Å²) in [6, 6.07) is 0.299. The number of hydrogen-bond acceptors (Lipinski definition) is 3. The van der Waals surface area contributed by atoms with E-state index in [1.54, 1.807) is 0 Å². The Balaban J connectivity index is 2.56. The fourth-order valence-electron chi connectivity index (χ4n) is 2.08. The molecule has 0 saturated carbocycles. The van der Waals surface area contributed by atoms with Crippen LogP contribution in [0.4, 0.5) is 0 Å². The monoisotopic (exact) mass is 253 g/mol. The van der Waals surface area contributed by atoms with Gasteiger partial charge in [-0.25, -0.2) is 4.98 Å². The summed E-state index contributed by atoms with van der Waals surface area (Å²) in [6.45, 7) is 10.1. The van der Waals surface area contributed by atoms with E-state index in [4.69, 9.17) is 4.74 Å². The van der Waals surface area contributed by atoms with Gasteiger partial charge in [-0.3, -0.25) is 0 Å². The normalized spacial score (nSPS) is 12.8. The van der Waals surface area contributed by atoms with Crippen LogP contribution in [0.2, 0.25) is 0 Å². The van der Waals surface area contributed by atoms with E-state index in [0.717, 1.165) is 51.4 Å². The molecular formula is C14H27N3O. The molecule has 104 valence electrons. The minimum Gasteiger partial charge on any atom is -0.381 e. The van der Waals surface area contributed by atoms with E-state index in [2.05, 4.69) is 41.8 Å². The Morgan fingerprint density at radius 3 is 2.78 bits per heavy atom. The molecule has 1 aromatic rings. The van der Waals surface area contributed by atoms with Crippen LogP contribution in [0.15, 0.2) is 12.4 Å². The topological polar surface area (TPSA) is 39.1 Å². The van der Waals surface area contributed by atoms with Gasteiger partial charge >= 0.3 is 0 Å². The molecule has 1 rings (SSSR count). The number of aromatic nitrogens is 2. The summed E-state index contributed by atoms with van der Waals surface area (Å²) in [5.74, 6) is 1.14. The van der Waals surface area contributed by atoms with Gasteiger partial charge in [0.2, 0.25) is 0 Å². The zero-order chi connectivity index (χ0) is 13.2. The van der Waals surface area contributed by atoms with Crippen LogP contribution in [0, 0.1) is 0 Å². The molecule has 0 aliphatic rings. The van der Waals surface area contributed by atoms with Crippen LogP contribution >= 0.6 is 0 Å². The van der Waals surface area contributed by atoms with Crippen molar-refractivity contribution in [3.63, 3.8) is 0 Å². The Hall–Kier alpha value is -0.870. The van der Waals surface area contributed by atoms with Crippen LogP contribution in [-0.2, 0) is 11.3 Å². The largest absolute Gasteiger partial charge is 0.381 e. The van der Waals surface area contributed by atoms with E-state index in [0.29, 0.717) is 6.04 Å². The quantitative estimate of drug-likeness (QED) is 0.652. The summed E-state index contributed by atoms with van der Waals surface area (Å²) in [5, 5.41) is 3.50. The summed E-state index contributed by atoms with van der Waals surface area (Å²) in [4.78, 5) is 4.50. The molecule has 4 nitrogen and oxygen atoms in total. The van der Waals surface area contributed by atoms with Crippen LogP contribution < -0.4 is 5.32 Å². The third-order valence-corrected chi connectivity index (χ3v) is 2.87. The maximum atomic E-state index is 5.58. The minimum atomic E-state index is 0.299. The molecule has 0 aliphatic carbocycles. The van der Waals surface area contributed by atoms with E-state index in [-0.39, 0.29) is 0 Å². The van der Waals surface area contributed by atoms with Crippen molar-refractivity contribution in [1.82, 2.24) is 14.9 Å². The van der Waals surface area contributed by atoms with Crippen molar-refractivity contribution in [3.8, 4) is 0 Å². The number of imidazole rings is 1. The SMILES string of the molecule is CCCOCCC(NCC)c1nccn1CCC. The summed E-state index contributed by atoms with van der Waals surface area (Å²) >= 11 is 0. The summed E-state index contributed by atoms with van der Waals surface area (Å²) < 4.78 is 7.82. The summed E-state index contributed by atoms with van der Waals surface area (Å²) in [5.41, 5.74) is 0. The predicted octanol–water partition coefficient (Wildman–Crippen LogP) is 2.76. The van der Waals surface area contributed by atoms with Crippen LogP contribution in [0.1, 0.15) is 51.9 Å². The predicted molar refractivity (Wildman–Crippen MR) is 74.7 cm³/mol. The fraction of sp³-hybridized carbons (Fsp3) is 0.786. The number of nitrogens with one attached hydrogen (secondary N) is 1. The molecule has 0 radical (unpaired) electrons. The van der Waals surface area contributed by atoms with Gasteiger partial charge in [-0.15, -0.1) is 0 Å². The first-order valence-corrected chi connectivity index (χ1v) is 7.15. The van der Waals surface area contributed by atoms with Crippen molar-refractivity contribution in [2.75, 3.05) is 19.8 Å². The van der Waals surface area contributed by atoms with Crippen LogP contribution in [-0.4, -0.2) is 29.3 Å². The lowest BCUT2D eigenvalue weighted by Crippen LogP contribution is -2.25. The zero-order valence-electron chi connectivity index (χ0n) is 12.0. The van der Waals surface area contributed by atoms with E-state index in [1.807, 2.05) is 6.20 Å². The van der Waals surface area contributed by atoms with Gasteiger partial charge in [0.05, 0.1) is 6.04 Å². The molecule has 0 aliphatic heterocycles. The second-order valence-corrected chi connectivity index (χ2v) is 4.49. The van der Waals surface area contributed by atoms with Gasteiger partial charge in [-0.1, -0.05) is 20.8 Å². The third-order valence-electron chi connectivity index (χ3n) is 2.87. The number of rotatable bonds is 10. The molecule has 0 saturated heterocycles. The van der Waals surface area contributed by atoms with Gasteiger partial charge in [0.1, 0.15) is 5.82 Å². The molecule has 1 aromatic heterocycles. The molecule has 1 atom stereocenters. The first-order chi connectivity index (χ1) is 8.83. The van der Waals surface area contributed by atoms with Crippen molar-refractivity contribution in [3.05, 3.63) is 18.2 Å². The molecule has 0 spiro atoms. The zero-order valence-corrected chi connectivity index (χ0v) is 12.0.